The smallest absolute Gasteiger partial charge is 0.259 e. The molecule has 0 unspecified atom stereocenters. The van der Waals surface area contributed by atoms with Crippen LogP contribution in [0.25, 0.3) is 22.5 Å². The number of likely N-dealkylation sites (tertiary alicyclic amines) is 1. The van der Waals surface area contributed by atoms with Gasteiger partial charge in [0.05, 0.1) is 16.6 Å². The van der Waals surface area contributed by atoms with Crippen LogP contribution in [0.5, 0.6) is 0 Å². The molecule has 4 heterocycles. The number of aromatic amines is 1. The number of ether oxygens (including phenoxy) is 1. The van der Waals surface area contributed by atoms with Crippen LogP contribution in [0.2, 0.25) is 0 Å². The molecule has 1 N–H and O–H groups in total. The molecule has 3 aromatic heterocycles. The van der Waals surface area contributed by atoms with Gasteiger partial charge in [-0.05, 0) is 49.6 Å². The van der Waals surface area contributed by atoms with E-state index in [0.717, 1.165) is 35.0 Å². The number of carbonyl (C=O) groups excluding carboxylic acids is 1. The molecule has 1 aromatic carbocycles. The van der Waals surface area contributed by atoms with E-state index in [1.807, 2.05) is 42.2 Å². The van der Waals surface area contributed by atoms with E-state index in [2.05, 4.69) is 25.1 Å². The first kappa shape index (κ1) is 20.3. The molecule has 1 aliphatic rings. The highest BCUT2D eigenvalue weighted by Gasteiger charge is 2.28. The molecule has 9 nitrogen and oxygen atoms in total. The van der Waals surface area contributed by atoms with Crippen molar-refractivity contribution in [1.82, 2.24) is 30.0 Å². The van der Waals surface area contributed by atoms with Crippen molar-refractivity contribution in [2.45, 2.75) is 32.3 Å². The van der Waals surface area contributed by atoms with Gasteiger partial charge in [-0.3, -0.25) is 9.78 Å². The first-order chi connectivity index (χ1) is 15.7. The van der Waals surface area contributed by atoms with Gasteiger partial charge in [0.1, 0.15) is 19.0 Å². The van der Waals surface area contributed by atoms with Crippen LogP contribution in [0.15, 0.2) is 47.2 Å². The SMILES string of the molecule is Cc1ccc2nc(COCC(=O)N3CCC[C@H](c4noc(-c5cccnc5)n4)C3)[nH]c2c1. The van der Waals surface area contributed by atoms with Gasteiger partial charge in [0.25, 0.3) is 5.89 Å². The second-order valence-corrected chi connectivity index (χ2v) is 8.08. The number of benzene rings is 1. The lowest BCUT2D eigenvalue weighted by molar-refractivity contribution is -0.137. The Morgan fingerprint density at radius 3 is 3.12 bits per heavy atom. The van der Waals surface area contributed by atoms with Gasteiger partial charge in [-0.25, -0.2) is 4.98 Å². The molecule has 1 fully saturated rings. The van der Waals surface area contributed by atoms with E-state index in [-0.39, 0.29) is 25.0 Å². The number of piperidine rings is 1. The van der Waals surface area contributed by atoms with Crippen molar-refractivity contribution in [3.63, 3.8) is 0 Å². The molecule has 4 aromatic rings. The van der Waals surface area contributed by atoms with Crippen LogP contribution >= 0.6 is 0 Å². The number of amides is 1. The Labute approximate surface area is 184 Å². The first-order valence-corrected chi connectivity index (χ1v) is 10.7. The minimum absolute atomic E-state index is 0.00989. The van der Waals surface area contributed by atoms with Gasteiger partial charge >= 0.3 is 0 Å². The molecule has 1 amide bonds. The number of fused-ring (bicyclic) bond motifs is 1. The van der Waals surface area contributed by atoms with Gasteiger partial charge in [0, 0.05) is 31.4 Å². The summed E-state index contributed by atoms with van der Waals surface area (Å²) in [7, 11) is 0. The number of nitrogens with one attached hydrogen (secondary N) is 1. The number of aryl methyl sites for hydroxylation is 1. The van der Waals surface area contributed by atoms with Crippen molar-refractivity contribution in [3.8, 4) is 11.5 Å². The summed E-state index contributed by atoms with van der Waals surface area (Å²) < 4.78 is 11.1. The summed E-state index contributed by atoms with van der Waals surface area (Å²) in [5, 5.41) is 4.14. The topological polar surface area (TPSA) is 110 Å². The van der Waals surface area contributed by atoms with Gasteiger partial charge in [-0.2, -0.15) is 4.98 Å². The molecule has 1 saturated heterocycles. The van der Waals surface area contributed by atoms with Crippen LogP contribution in [-0.2, 0) is 16.1 Å². The number of imidazole rings is 1. The molecule has 0 spiro atoms. The third-order valence-electron chi connectivity index (χ3n) is 5.64. The van der Waals surface area contributed by atoms with Crippen molar-refractivity contribution in [1.29, 1.82) is 0 Å². The van der Waals surface area contributed by atoms with Crippen LogP contribution in [0.4, 0.5) is 0 Å². The Bertz CT molecular complexity index is 1220. The molecule has 0 bridgehead atoms. The number of aromatic nitrogens is 5. The van der Waals surface area contributed by atoms with E-state index in [0.29, 0.717) is 30.6 Å². The summed E-state index contributed by atoms with van der Waals surface area (Å²) in [6.45, 7) is 3.56. The lowest BCUT2D eigenvalue weighted by Gasteiger charge is -2.31. The number of rotatable bonds is 6. The zero-order valence-corrected chi connectivity index (χ0v) is 17.8. The van der Waals surface area contributed by atoms with Crippen molar-refractivity contribution in [2.75, 3.05) is 19.7 Å². The molecular weight excluding hydrogens is 408 g/mol. The van der Waals surface area contributed by atoms with E-state index in [1.165, 1.54) is 0 Å². The summed E-state index contributed by atoms with van der Waals surface area (Å²) in [4.78, 5) is 30.9. The number of H-pyrrole nitrogens is 1. The standard InChI is InChI=1S/C23H24N6O3/c1-15-6-7-18-19(10-15)26-20(25-18)13-31-14-21(30)29-9-3-5-17(12-29)22-27-23(32-28-22)16-4-2-8-24-11-16/h2,4,6-8,10-11,17H,3,5,9,12-14H2,1H3,(H,25,26)/t17-/m0/s1. The molecule has 0 saturated carbocycles. The summed E-state index contributed by atoms with van der Waals surface area (Å²) in [6, 6.07) is 9.74. The van der Waals surface area contributed by atoms with Gasteiger partial charge in [0.2, 0.25) is 5.91 Å². The molecule has 5 rings (SSSR count). The number of nitrogens with zero attached hydrogens (tertiary/aromatic N) is 5. The third-order valence-corrected chi connectivity index (χ3v) is 5.64. The maximum atomic E-state index is 12.7. The molecule has 9 heteroatoms. The summed E-state index contributed by atoms with van der Waals surface area (Å²) in [5.41, 5.74) is 3.81. The monoisotopic (exact) mass is 432 g/mol. The zero-order chi connectivity index (χ0) is 21.9. The van der Waals surface area contributed by atoms with Crippen LogP contribution in [-0.4, -0.2) is 55.6 Å². The number of hydrogen-bond donors (Lipinski definition) is 1. The summed E-state index contributed by atoms with van der Waals surface area (Å²) >= 11 is 0. The summed E-state index contributed by atoms with van der Waals surface area (Å²) in [5.74, 6) is 1.78. The predicted molar refractivity (Wildman–Crippen MR) is 117 cm³/mol. The quantitative estimate of drug-likeness (QED) is 0.498. The molecule has 32 heavy (non-hydrogen) atoms. The van der Waals surface area contributed by atoms with E-state index < -0.39 is 0 Å². The molecular formula is C23H24N6O3. The average Bonchev–Trinajstić information content (AvgIpc) is 3.47. The van der Waals surface area contributed by atoms with Gasteiger partial charge in [-0.15, -0.1) is 0 Å². The fourth-order valence-corrected chi connectivity index (χ4v) is 3.99. The van der Waals surface area contributed by atoms with E-state index in [9.17, 15) is 4.79 Å². The second-order valence-electron chi connectivity index (χ2n) is 8.08. The van der Waals surface area contributed by atoms with E-state index in [1.54, 1.807) is 12.4 Å². The highest BCUT2D eigenvalue weighted by atomic mass is 16.5. The highest BCUT2D eigenvalue weighted by molar-refractivity contribution is 5.78. The normalized spacial score (nSPS) is 16.5. The molecule has 1 atom stereocenters. The maximum Gasteiger partial charge on any atom is 0.259 e. The molecule has 164 valence electrons. The zero-order valence-electron chi connectivity index (χ0n) is 17.8. The Kier molecular flexibility index (Phi) is 5.64. The fraction of sp³-hybridized carbons (Fsp3) is 0.348. The van der Waals surface area contributed by atoms with Crippen LogP contribution in [0, 0.1) is 6.92 Å². The number of hydrogen-bond acceptors (Lipinski definition) is 7. The van der Waals surface area contributed by atoms with Crippen LogP contribution in [0.3, 0.4) is 0 Å². The Balaban J connectivity index is 1.16. The average molecular weight is 432 g/mol. The lowest BCUT2D eigenvalue weighted by atomic mass is 9.97. The highest BCUT2D eigenvalue weighted by Crippen LogP contribution is 2.27. The van der Waals surface area contributed by atoms with E-state index >= 15 is 0 Å². The Hall–Kier alpha value is -3.59. The van der Waals surface area contributed by atoms with Gasteiger partial charge in [-0.1, -0.05) is 11.2 Å². The lowest BCUT2D eigenvalue weighted by Crippen LogP contribution is -2.41. The van der Waals surface area contributed by atoms with Crippen molar-refractivity contribution < 1.29 is 14.1 Å². The maximum absolute atomic E-state index is 12.7. The number of carbonyl (C=O) groups is 1. The summed E-state index contributed by atoms with van der Waals surface area (Å²) in [6.07, 6.45) is 5.18. The largest absolute Gasteiger partial charge is 0.364 e. The van der Waals surface area contributed by atoms with Gasteiger partial charge in [0.15, 0.2) is 5.82 Å². The second kappa shape index (κ2) is 8.88. The van der Waals surface area contributed by atoms with Crippen LogP contribution < -0.4 is 0 Å². The molecule has 0 aliphatic carbocycles. The van der Waals surface area contributed by atoms with Crippen LogP contribution in [0.1, 0.15) is 36.0 Å². The minimum atomic E-state index is -0.0439. The van der Waals surface area contributed by atoms with Crippen molar-refractivity contribution in [3.05, 3.63) is 59.9 Å². The van der Waals surface area contributed by atoms with Crippen molar-refractivity contribution in [2.24, 2.45) is 0 Å². The molecule has 0 radical (unpaired) electrons. The first-order valence-electron chi connectivity index (χ1n) is 10.7. The van der Waals surface area contributed by atoms with E-state index in [4.69, 9.17) is 9.26 Å². The van der Waals surface area contributed by atoms with Gasteiger partial charge < -0.3 is 19.1 Å². The van der Waals surface area contributed by atoms with Crippen molar-refractivity contribution >= 4 is 16.9 Å². The Morgan fingerprint density at radius 2 is 2.25 bits per heavy atom. The molecule has 1 aliphatic heterocycles. The fourth-order valence-electron chi connectivity index (χ4n) is 3.99. The minimum Gasteiger partial charge on any atom is -0.364 e. The number of pyridine rings is 1. The third kappa shape index (κ3) is 4.38. The predicted octanol–water partition coefficient (Wildman–Crippen LogP) is 3.24. The Morgan fingerprint density at radius 1 is 1.31 bits per heavy atom.